The minimum atomic E-state index is 0.459. The van der Waals surface area contributed by atoms with E-state index in [1.807, 2.05) is 39.0 Å². The molecule has 0 aliphatic carbocycles. The van der Waals surface area contributed by atoms with E-state index < -0.39 is 0 Å². The van der Waals surface area contributed by atoms with Gasteiger partial charge in [-0.15, -0.1) is 0 Å². The van der Waals surface area contributed by atoms with E-state index in [4.69, 9.17) is 11.0 Å². The monoisotopic (exact) mass is 176 g/mol. The molecule has 0 radical (unpaired) electrons. The van der Waals surface area contributed by atoms with Crippen LogP contribution in [0.4, 0.5) is 5.69 Å². The zero-order valence-corrected chi connectivity index (χ0v) is 8.46. The van der Waals surface area contributed by atoms with Gasteiger partial charge in [0.2, 0.25) is 0 Å². The minimum Gasteiger partial charge on any atom is -0.399 e. The van der Waals surface area contributed by atoms with Crippen molar-refractivity contribution in [2.45, 2.75) is 27.2 Å². The molecule has 0 saturated heterocycles. The molecule has 0 aliphatic rings. The first-order chi connectivity index (χ1) is 6.24. The van der Waals surface area contributed by atoms with Crippen LogP contribution in [0.15, 0.2) is 18.2 Å². The zero-order chi connectivity index (χ0) is 10.3. The fourth-order valence-corrected chi connectivity index (χ4v) is 0.939. The third-order valence-electron chi connectivity index (χ3n) is 1.62. The molecule has 0 heterocycles. The topological polar surface area (TPSA) is 49.8 Å². The Morgan fingerprint density at radius 3 is 2.46 bits per heavy atom. The summed E-state index contributed by atoms with van der Waals surface area (Å²) in [7, 11) is 0. The fourth-order valence-electron chi connectivity index (χ4n) is 0.939. The summed E-state index contributed by atoms with van der Waals surface area (Å²) >= 11 is 0. The number of hydrogen-bond acceptors (Lipinski definition) is 2. The van der Waals surface area contributed by atoms with E-state index in [9.17, 15) is 0 Å². The molecule has 0 amide bonds. The standard InChI is InChI=1S/C9H10N2.C2H6/c1-7-6-8(4-5-10)2-3-9(7)11;1-2/h2-3,6H,4,11H2,1H3;1-2H3. The lowest BCUT2D eigenvalue weighted by molar-refractivity contribution is 1.25. The predicted molar refractivity (Wildman–Crippen MR) is 56.3 cm³/mol. The van der Waals surface area contributed by atoms with Gasteiger partial charge in [0, 0.05) is 5.69 Å². The molecule has 1 rings (SSSR count). The highest BCUT2D eigenvalue weighted by molar-refractivity contribution is 5.47. The maximum absolute atomic E-state index is 8.40. The molecule has 0 bridgehead atoms. The molecule has 2 N–H and O–H groups in total. The van der Waals surface area contributed by atoms with Crippen LogP contribution in [-0.2, 0) is 6.42 Å². The summed E-state index contributed by atoms with van der Waals surface area (Å²) in [6, 6.07) is 7.75. The lowest BCUT2D eigenvalue weighted by atomic mass is 10.1. The summed E-state index contributed by atoms with van der Waals surface area (Å²) in [6.07, 6.45) is 0.459. The normalized spacial score (nSPS) is 8.15. The van der Waals surface area contributed by atoms with Crippen LogP contribution >= 0.6 is 0 Å². The smallest absolute Gasteiger partial charge is 0.0669 e. The van der Waals surface area contributed by atoms with Gasteiger partial charge < -0.3 is 5.73 Å². The number of benzene rings is 1. The van der Waals surface area contributed by atoms with Crippen molar-refractivity contribution < 1.29 is 0 Å². The summed E-state index contributed by atoms with van der Waals surface area (Å²) in [4.78, 5) is 0. The number of hydrogen-bond donors (Lipinski definition) is 1. The van der Waals surface area contributed by atoms with Crippen molar-refractivity contribution in [3.05, 3.63) is 29.3 Å². The molecule has 0 atom stereocenters. The van der Waals surface area contributed by atoms with Crippen molar-refractivity contribution in [3.8, 4) is 6.07 Å². The molecule has 2 nitrogen and oxygen atoms in total. The Morgan fingerprint density at radius 1 is 1.38 bits per heavy atom. The number of nitrogens with two attached hydrogens (primary N) is 1. The van der Waals surface area contributed by atoms with Gasteiger partial charge in [-0.25, -0.2) is 0 Å². The Balaban J connectivity index is 0.000000671. The van der Waals surface area contributed by atoms with Crippen molar-refractivity contribution in [1.82, 2.24) is 0 Å². The van der Waals surface area contributed by atoms with Crippen LogP contribution in [0.25, 0.3) is 0 Å². The minimum absolute atomic E-state index is 0.459. The molecular formula is C11H16N2. The number of nitrogen functional groups attached to an aromatic ring is 1. The Labute approximate surface area is 80.0 Å². The predicted octanol–water partition coefficient (Wildman–Crippen LogP) is 2.67. The zero-order valence-electron chi connectivity index (χ0n) is 8.46. The van der Waals surface area contributed by atoms with Crippen LogP contribution in [0.2, 0.25) is 0 Å². The average Bonchev–Trinajstić information content (AvgIpc) is 2.15. The average molecular weight is 176 g/mol. The SMILES string of the molecule is CC.Cc1cc(CC#N)ccc1N. The second-order valence-corrected chi connectivity index (χ2v) is 2.53. The maximum atomic E-state index is 8.40. The lowest BCUT2D eigenvalue weighted by Gasteiger charge is -2.00. The molecule has 0 aliphatic heterocycles. The van der Waals surface area contributed by atoms with Gasteiger partial charge in [-0.05, 0) is 24.1 Å². The Hall–Kier alpha value is -1.49. The highest BCUT2D eigenvalue weighted by atomic mass is 14.5. The van der Waals surface area contributed by atoms with Crippen molar-refractivity contribution in [2.24, 2.45) is 0 Å². The Bertz CT molecular complexity index is 297. The quantitative estimate of drug-likeness (QED) is 0.669. The van der Waals surface area contributed by atoms with E-state index in [0.29, 0.717) is 6.42 Å². The highest BCUT2D eigenvalue weighted by Crippen LogP contribution is 2.12. The second-order valence-electron chi connectivity index (χ2n) is 2.53. The molecule has 0 spiro atoms. The summed E-state index contributed by atoms with van der Waals surface area (Å²) in [6.45, 7) is 5.94. The molecule has 0 fully saturated rings. The molecule has 0 saturated carbocycles. The summed E-state index contributed by atoms with van der Waals surface area (Å²) in [5, 5.41) is 8.40. The van der Waals surface area contributed by atoms with Crippen LogP contribution < -0.4 is 5.73 Å². The molecule has 1 aromatic rings. The van der Waals surface area contributed by atoms with Gasteiger partial charge in [0.05, 0.1) is 12.5 Å². The third-order valence-corrected chi connectivity index (χ3v) is 1.62. The van der Waals surface area contributed by atoms with E-state index in [1.165, 1.54) is 0 Å². The Kier molecular flexibility index (Phi) is 5.38. The van der Waals surface area contributed by atoms with Gasteiger partial charge in [0.25, 0.3) is 0 Å². The Morgan fingerprint density at radius 2 is 2.00 bits per heavy atom. The third kappa shape index (κ3) is 3.62. The van der Waals surface area contributed by atoms with E-state index in [2.05, 4.69) is 6.07 Å². The van der Waals surface area contributed by atoms with Gasteiger partial charge in [-0.1, -0.05) is 26.0 Å². The van der Waals surface area contributed by atoms with Gasteiger partial charge >= 0.3 is 0 Å². The van der Waals surface area contributed by atoms with Crippen LogP contribution in [0, 0.1) is 18.3 Å². The first-order valence-electron chi connectivity index (χ1n) is 4.46. The van der Waals surface area contributed by atoms with Gasteiger partial charge in [0.1, 0.15) is 0 Å². The molecule has 0 aromatic heterocycles. The molecule has 70 valence electrons. The van der Waals surface area contributed by atoms with Gasteiger partial charge in [0.15, 0.2) is 0 Å². The molecule has 13 heavy (non-hydrogen) atoms. The number of nitrogens with zero attached hydrogens (tertiary/aromatic N) is 1. The second kappa shape index (κ2) is 6.07. The summed E-state index contributed by atoms with van der Waals surface area (Å²) in [5.41, 5.74) is 8.45. The van der Waals surface area contributed by atoms with Gasteiger partial charge in [-0.2, -0.15) is 5.26 Å². The van der Waals surface area contributed by atoms with Crippen LogP contribution in [0.5, 0.6) is 0 Å². The highest BCUT2D eigenvalue weighted by Gasteiger charge is 1.94. The largest absolute Gasteiger partial charge is 0.399 e. The van der Waals surface area contributed by atoms with E-state index in [0.717, 1.165) is 16.8 Å². The molecule has 0 unspecified atom stereocenters. The van der Waals surface area contributed by atoms with E-state index >= 15 is 0 Å². The van der Waals surface area contributed by atoms with Crippen LogP contribution in [0.1, 0.15) is 25.0 Å². The van der Waals surface area contributed by atoms with E-state index in [-0.39, 0.29) is 0 Å². The molecule has 1 aromatic carbocycles. The maximum Gasteiger partial charge on any atom is 0.0669 e. The first-order valence-corrected chi connectivity index (χ1v) is 4.46. The van der Waals surface area contributed by atoms with Crippen LogP contribution in [-0.4, -0.2) is 0 Å². The number of rotatable bonds is 1. The van der Waals surface area contributed by atoms with Crippen molar-refractivity contribution in [2.75, 3.05) is 5.73 Å². The first kappa shape index (κ1) is 11.5. The number of aryl methyl sites for hydroxylation is 1. The lowest BCUT2D eigenvalue weighted by Crippen LogP contribution is -1.90. The number of nitriles is 1. The van der Waals surface area contributed by atoms with Crippen molar-refractivity contribution >= 4 is 5.69 Å². The van der Waals surface area contributed by atoms with Crippen LogP contribution in [0.3, 0.4) is 0 Å². The van der Waals surface area contributed by atoms with Crippen molar-refractivity contribution in [1.29, 1.82) is 5.26 Å². The number of anilines is 1. The summed E-state index contributed by atoms with van der Waals surface area (Å²) < 4.78 is 0. The fraction of sp³-hybridized carbons (Fsp3) is 0.364. The molecule has 2 heteroatoms. The van der Waals surface area contributed by atoms with E-state index in [1.54, 1.807) is 0 Å². The molecular weight excluding hydrogens is 160 g/mol. The summed E-state index contributed by atoms with van der Waals surface area (Å²) in [5.74, 6) is 0. The van der Waals surface area contributed by atoms with Crippen molar-refractivity contribution in [3.63, 3.8) is 0 Å². The van der Waals surface area contributed by atoms with Gasteiger partial charge in [-0.3, -0.25) is 0 Å².